The number of carboxylic acid groups (broad SMARTS) is 1. The Labute approximate surface area is 279 Å². The van der Waals surface area contributed by atoms with Gasteiger partial charge in [0.05, 0.1) is 5.56 Å². The molecule has 7 nitrogen and oxygen atoms in total. The lowest BCUT2D eigenvalue weighted by Gasteiger charge is -2.19. The third kappa shape index (κ3) is 8.71. The molecule has 47 heavy (non-hydrogen) atoms. The van der Waals surface area contributed by atoms with Crippen LogP contribution in [0.15, 0.2) is 115 Å². The number of rotatable bonds is 11. The van der Waals surface area contributed by atoms with Crippen LogP contribution in [0, 0.1) is 0 Å². The Morgan fingerprint density at radius 1 is 0.809 bits per heavy atom. The number of carbonyl (C=O) groups excluding carboxylic acids is 1. The molecule has 0 aromatic heterocycles. The van der Waals surface area contributed by atoms with Crippen molar-refractivity contribution in [1.82, 2.24) is 5.32 Å². The summed E-state index contributed by atoms with van der Waals surface area (Å²) in [6.45, 7) is 6.88. The predicted molar refractivity (Wildman–Crippen MR) is 187 cm³/mol. The van der Waals surface area contributed by atoms with E-state index in [1.54, 1.807) is 42.5 Å². The van der Waals surface area contributed by atoms with E-state index in [9.17, 15) is 19.8 Å². The average molecular weight is 649 g/mol. The number of phenolic OH excluding ortho intramolecular Hbond substituents is 1. The highest BCUT2D eigenvalue weighted by atomic mass is 35.5. The lowest BCUT2D eigenvalue weighted by Crippen LogP contribution is -2.42. The number of hydrogen-bond acceptors (Lipinski definition) is 5. The van der Waals surface area contributed by atoms with Crippen molar-refractivity contribution in [2.45, 2.75) is 45.2 Å². The minimum atomic E-state index is -1.18. The van der Waals surface area contributed by atoms with E-state index in [0.29, 0.717) is 34.1 Å². The van der Waals surface area contributed by atoms with E-state index in [1.165, 1.54) is 11.6 Å². The minimum absolute atomic E-state index is 0.0531. The Bertz CT molecular complexity index is 1860. The van der Waals surface area contributed by atoms with Gasteiger partial charge in [0.2, 0.25) is 0 Å². The number of phenols is 1. The summed E-state index contributed by atoms with van der Waals surface area (Å²) in [5.74, 6) is -0.155. The van der Waals surface area contributed by atoms with Crippen molar-refractivity contribution < 1.29 is 24.5 Å². The number of anilines is 1. The van der Waals surface area contributed by atoms with Crippen LogP contribution in [0.5, 0.6) is 17.2 Å². The van der Waals surface area contributed by atoms with Crippen LogP contribution in [0.2, 0.25) is 5.02 Å². The fourth-order valence-electron chi connectivity index (χ4n) is 5.14. The highest BCUT2D eigenvalue weighted by Crippen LogP contribution is 2.30. The van der Waals surface area contributed by atoms with Gasteiger partial charge in [0.1, 0.15) is 23.3 Å². The number of nitrogens with one attached hydrogen (secondary N) is 2. The van der Waals surface area contributed by atoms with Crippen molar-refractivity contribution in [1.29, 1.82) is 0 Å². The van der Waals surface area contributed by atoms with Crippen LogP contribution in [0.1, 0.15) is 47.8 Å². The number of aliphatic carboxylic acids is 1. The zero-order valence-corrected chi connectivity index (χ0v) is 27.2. The summed E-state index contributed by atoms with van der Waals surface area (Å²) in [4.78, 5) is 25.6. The molecular weight excluding hydrogens is 612 g/mol. The zero-order valence-electron chi connectivity index (χ0n) is 26.5. The molecule has 5 aromatic rings. The standard InChI is InChI=1S/C39H37ClN2O5/c1-39(2,3)28-15-18-30(19-16-28)47-31-8-6-7-26(21-31)24-41-34-20-17-29(40)23-33(34)37(44)42-35(38(45)46)22-25-11-13-27(14-12-25)32-9-4-5-10-36(32)43/h4-21,23,35,41,43H,22,24H2,1-3H3,(H,42,44)(H,45,46). The molecule has 0 bridgehead atoms. The molecule has 0 spiro atoms. The van der Waals surface area contributed by atoms with Crippen molar-refractivity contribution in [2.24, 2.45) is 0 Å². The highest BCUT2D eigenvalue weighted by molar-refractivity contribution is 6.31. The van der Waals surface area contributed by atoms with Crippen molar-refractivity contribution in [3.63, 3.8) is 0 Å². The first kappa shape index (κ1) is 33.1. The summed E-state index contributed by atoms with van der Waals surface area (Å²) in [5.41, 5.74) is 5.12. The van der Waals surface area contributed by atoms with Crippen LogP contribution >= 0.6 is 11.6 Å². The summed E-state index contributed by atoms with van der Waals surface area (Å²) in [5, 5.41) is 26.4. The van der Waals surface area contributed by atoms with Gasteiger partial charge in [0.15, 0.2) is 0 Å². The molecule has 0 saturated carbocycles. The number of para-hydroxylation sites is 1. The predicted octanol–water partition coefficient (Wildman–Crippen LogP) is 8.84. The van der Waals surface area contributed by atoms with Crippen LogP contribution in [0.25, 0.3) is 11.1 Å². The molecule has 1 amide bonds. The van der Waals surface area contributed by atoms with E-state index in [4.69, 9.17) is 16.3 Å². The molecule has 0 fully saturated rings. The molecule has 0 aliphatic carbocycles. The lowest BCUT2D eigenvalue weighted by atomic mass is 9.87. The maximum Gasteiger partial charge on any atom is 0.326 e. The van der Waals surface area contributed by atoms with Gasteiger partial charge in [0, 0.05) is 29.2 Å². The first-order valence-electron chi connectivity index (χ1n) is 15.3. The van der Waals surface area contributed by atoms with Crippen molar-refractivity contribution in [3.8, 4) is 28.4 Å². The maximum absolute atomic E-state index is 13.4. The summed E-state index contributed by atoms with van der Waals surface area (Å²) in [6, 6.07) is 33.6. The Morgan fingerprint density at radius 2 is 1.53 bits per heavy atom. The Kier molecular flexibility index (Phi) is 10.2. The molecular formula is C39H37ClN2O5. The van der Waals surface area contributed by atoms with Crippen LogP contribution in [0.3, 0.4) is 0 Å². The number of aromatic hydroxyl groups is 1. The Balaban J connectivity index is 1.25. The zero-order chi connectivity index (χ0) is 33.6. The SMILES string of the molecule is CC(C)(C)c1ccc(Oc2cccc(CNc3ccc(Cl)cc3C(=O)NC(Cc3ccc(-c4ccccc4O)cc3)C(=O)O)c2)cc1. The molecule has 5 aromatic carbocycles. The molecule has 0 radical (unpaired) electrons. The number of amides is 1. The van der Waals surface area contributed by atoms with Gasteiger partial charge < -0.3 is 25.6 Å². The Hall–Kier alpha value is -5.27. The van der Waals surface area contributed by atoms with Gasteiger partial charge >= 0.3 is 5.97 Å². The van der Waals surface area contributed by atoms with Gasteiger partial charge in [-0.25, -0.2) is 4.79 Å². The largest absolute Gasteiger partial charge is 0.507 e. The number of benzene rings is 5. The Morgan fingerprint density at radius 3 is 2.21 bits per heavy atom. The molecule has 240 valence electrons. The fourth-order valence-corrected chi connectivity index (χ4v) is 5.32. The average Bonchev–Trinajstić information content (AvgIpc) is 3.04. The molecule has 8 heteroatoms. The van der Waals surface area contributed by atoms with Gasteiger partial charge in [-0.3, -0.25) is 4.79 Å². The topological polar surface area (TPSA) is 108 Å². The maximum atomic E-state index is 13.4. The summed E-state index contributed by atoms with van der Waals surface area (Å²) < 4.78 is 6.09. The molecule has 1 atom stereocenters. The van der Waals surface area contributed by atoms with Gasteiger partial charge in [-0.1, -0.05) is 99.1 Å². The number of halogens is 1. The fraction of sp³-hybridized carbons (Fsp3) is 0.179. The van der Waals surface area contributed by atoms with Crippen LogP contribution in [0.4, 0.5) is 5.69 Å². The first-order valence-corrected chi connectivity index (χ1v) is 15.7. The highest BCUT2D eigenvalue weighted by Gasteiger charge is 2.23. The third-order valence-electron chi connectivity index (χ3n) is 7.78. The van der Waals surface area contributed by atoms with Gasteiger partial charge in [-0.2, -0.15) is 0 Å². The lowest BCUT2D eigenvalue weighted by molar-refractivity contribution is -0.139. The minimum Gasteiger partial charge on any atom is -0.507 e. The van der Waals surface area contributed by atoms with Crippen molar-refractivity contribution >= 4 is 29.2 Å². The molecule has 5 rings (SSSR count). The summed E-state index contributed by atoms with van der Waals surface area (Å²) in [7, 11) is 0. The van der Waals surface area contributed by atoms with E-state index in [-0.39, 0.29) is 23.1 Å². The van der Waals surface area contributed by atoms with Crippen molar-refractivity contribution in [3.05, 3.63) is 143 Å². The van der Waals surface area contributed by atoms with Gasteiger partial charge in [-0.15, -0.1) is 0 Å². The molecule has 0 heterocycles. The summed E-state index contributed by atoms with van der Waals surface area (Å²) >= 11 is 6.26. The quantitative estimate of drug-likeness (QED) is 0.114. The molecule has 0 aliphatic heterocycles. The second kappa shape index (κ2) is 14.4. The summed E-state index contributed by atoms with van der Waals surface area (Å²) in [6.07, 6.45) is 0.0666. The molecule has 4 N–H and O–H groups in total. The van der Waals surface area contributed by atoms with Crippen LogP contribution in [-0.4, -0.2) is 28.1 Å². The third-order valence-corrected chi connectivity index (χ3v) is 8.01. The van der Waals surface area contributed by atoms with E-state index in [0.717, 1.165) is 16.9 Å². The van der Waals surface area contributed by atoms with E-state index in [2.05, 4.69) is 43.5 Å². The smallest absolute Gasteiger partial charge is 0.326 e. The number of hydrogen-bond donors (Lipinski definition) is 4. The second-order valence-corrected chi connectivity index (χ2v) is 12.8. The van der Waals surface area contributed by atoms with E-state index >= 15 is 0 Å². The number of ether oxygens (including phenoxy) is 1. The molecule has 0 saturated heterocycles. The number of carbonyl (C=O) groups is 2. The first-order chi connectivity index (χ1) is 22.5. The van der Waals surface area contributed by atoms with Crippen LogP contribution < -0.4 is 15.4 Å². The molecule has 1 unspecified atom stereocenters. The van der Waals surface area contributed by atoms with E-state index < -0.39 is 17.9 Å². The van der Waals surface area contributed by atoms with Gasteiger partial charge in [0.25, 0.3) is 5.91 Å². The molecule has 0 aliphatic rings. The van der Waals surface area contributed by atoms with E-state index in [1.807, 2.05) is 54.6 Å². The van der Waals surface area contributed by atoms with Crippen molar-refractivity contribution in [2.75, 3.05) is 5.32 Å². The monoisotopic (exact) mass is 648 g/mol. The van der Waals surface area contributed by atoms with Gasteiger partial charge in [-0.05, 0) is 76.2 Å². The van der Waals surface area contributed by atoms with Crippen LogP contribution in [-0.2, 0) is 23.2 Å². The second-order valence-electron chi connectivity index (χ2n) is 12.3. The number of carboxylic acids is 1. The normalized spacial score (nSPS) is 11.8.